The fraction of sp³-hybridized carbons (Fsp3) is 0.308. The van der Waals surface area contributed by atoms with Crippen LogP contribution in [0.2, 0.25) is 0 Å². The van der Waals surface area contributed by atoms with Crippen molar-refractivity contribution < 1.29 is 19.1 Å². The normalized spacial score (nSPS) is 11.9. The van der Waals surface area contributed by atoms with Gasteiger partial charge in [0.1, 0.15) is 18.4 Å². The Hall–Kier alpha value is -4.14. The highest BCUT2D eigenvalue weighted by Crippen LogP contribution is 2.29. The highest BCUT2D eigenvalue weighted by Gasteiger charge is 2.22. The molecule has 3 rings (SSSR count). The predicted molar refractivity (Wildman–Crippen MR) is 133 cm³/mol. The first-order chi connectivity index (χ1) is 16.9. The number of aromatic amines is 1. The Balaban J connectivity index is 1.66. The topological polar surface area (TPSA) is 118 Å². The number of alkyl carbamates (subject to hydrolysis) is 1. The third-order valence-corrected chi connectivity index (χ3v) is 5.42. The van der Waals surface area contributed by atoms with Gasteiger partial charge in [0, 0.05) is 18.3 Å². The number of aromatic nitrogens is 2. The van der Waals surface area contributed by atoms with Gasteiger partial charge >= 0.3 is 6.09 Å². The average molecular weight is 478 g/mol. The van der Waals surface area contributed by atoms with Crippen molar-refractivity contribution in [2.24, 2.45) is 5.10 Å². The van der Waals surface area contributed by atoms with Crippen molar-refractivity contribution in [2.75, 3.05) is 7.11 Å². The first-order valence-corrected chi connectivity index (χ1v) is 11.3. The van der Waals surface area contributed by atoms with Crippen molar-refractivity contribution in [3.63, 3.8) is 0 Å². The van der Waals surface area contributed by atoms with Crippen LogP contribution in [0.5, 0.6) is 5.75 Å². The van der Waals surface area contributed by atoms with Crippen LogP contribution in [0.3, 0.4) is 0 Å². The second-order valence-corrected chi connectivity index (χ2v) is 8.38. The number of hydrogen-bond donors (Lipinski definition) is 3. The molecule has 0 saturated carbocycles. The molecule has 3 N–H and O–H groups in total. The van der Waals surface area contributed by atoms with Gasteiger partial charge in [0.05, 0.1) is 19.7 Å². The molecule has 0 fully saturated rings. The summed E-state index contributed by atoms with van der Waals surface area (Å²) in [7, 11) is 1.65. The lowest BCUT2D eigenvalue weighted by Gasteiger charge is -2.16. The zero-order chi connectivity index (χ0) is 25.2. The second-order valence-electron chi connectivity index (χ2n) is 8.38. The molecule has 0 bridgehead atoms. The lowest BCUT2D eigenvalue weighted by molar-refractivity contribution is -0.123. The largest absolute Gasteiger partial charge is 0.496 e. The van der Waals surface area contributed by atoms with Gasteiger partial charge in [-0.2, -0.15) is 5.10 Å². The molecule has 9 nitrogen and oxygen atoms in total. The van der Waals surface area contributed by atoms with Crippen LogP contribution in [0.15, 0.2) is 60.1 Å². The Morgan fingerprint density at radius 3 is 2.63 bits per heavy atom. The molecule has 1 heterocycles. The van der Waals surface area contributed by atoms with Crippen molar-refractivity contribution in [3.8, 4) is 5.75 Å². The van der Waals surface area contributed by atoms with Gasteiger partial charge in [-0.1, -0.05) is 44.2 Å². The minimum absolute atomic E-state index is 0.0954. The summed E-state index contributed by atoms with van der Waals surface area (Å²) in [6.07, 6.45) is 4.18. The molecule has 2 amide bonds. The fourth-order valence-corrected chi connectivity index (χ4v) is 3.46. The van der Waals surface area contributed by atoms with Crippen molar-refractivity contribution in [1.82, 2.24) is 20.7 Å². The predicted octanol–water partition coefficient (Wildman–Crippen LogP) is 3.84. The van der Waals surface area contributed by atoms with E-state index in [4.69, 9.17) is 9.47 Å². The van der Waals surface area contributed by atoms with Gasteiger partial charge in [0.15, 0.2) is 0 Å². The first-order valence-electron chi connectivity index (χ1n) is 11.3. The second kappa shape index (κ2) is 12.4. The van der Waals surface area contributed by atoms with E-state index < -0.39 is 18.0 Å². The highest BCUT2D eigenvalue weighted by molar-refractivity contribution is 5.88. The molecule has 1 aromatic heterocycles. The lowest BCUT2D eigenvalue weighted by atomic mass is 9.97. The summed E-state index contributed by atoms with van der Waals surface area (Å²) >= 11 is 0. The van der Waals surface area contributed by atoms with Crippen LogP contribution >= 0.6 is 0 Å². The molecule has 35 heavy (non-hydrogen) atoms. The van der Waals surface area contributed by atoms with Crippen molar-refractivity contribution in [3.05, 3.63) is 82.9 Å². The quantitative estimate of drug-likeness (QED) is 0.303. The molecule has 3 aromatic rings. The number of H-pyrrole nitrogens is 1. The van der Waals surface area contributed by atoms with Crippen LogP contribution in [0.25, 0.3) is 0 Å². The zero-order valence-electron chi connectivity index (χ0n) is 20.4. The number of aryl methyl sites for hydroxylation is 1. The fourth-order valence-electron chi connectivity index (χ4n) is 3.46. The van der Waals surface area contributed by atoms with E-state index in [2.05, 4.69) is 39.7 Å². The summed E-state index contributed by atoms with van der Waals surface area (Å²) in [5.74, 6) is 0.594. The number of benzene rings is 2. The number of nitrogens with zero attached hydrogens (tertiary/aromatic N) is 2. The van der Waals surface area contributed by atoms with E-state index in [0.717, 1.165) is 28.0 Å². The third-order valence-electron chi connectivity index (χ3n) is 5.42. The third kappa shape index (κ3) is 7.43. The summed E-state index contributed by atoms with van der Waals surface area (Å²) in [6.45, 7) is 6.20. The number of amides is 2. The number of hydrazone groups is 1. The van der Waals surface area contributed by atoms with Crippen LogP contribution in [-0.4, -0.2) is 41.3 Å². The first kappa shape index (κ1) is 25.5. The molecule has 2 aromatic carbocycles. The summed E-state index contributed by atoms with van der Waals surface area (Å²) < 4.78 is 10.7. The number of hydrogen-bond acceptors (Lipinski definition) is 6. The zero-order valence-corrected chi connectivity index (χ0v) is 20.4. The van der Waals surface area contributed by atoms with Gasteiger partial charge in [-0.3, -0.25) is 4.79 Å². The number of imidazole rings is 1. The van der Waals surface area contributed by atoms with Crippen LogP contribution < -0.4 is 15.5 Å². The van der Waals surface area contributed by atoms with Crippen molar-refractivity contribution in [2.45, 2.75) is 45.8 Å². The minimum Gasteiger partial charge on any atom is -0.496 e. The van der Waals surface area contributed by atoms with E-state index in [1.807, 2.05) is 49.4 Å². The summed E-state index contributed by atoms with van der Waals surface area (Å²) in [5, 5.41) is 6.74. The maximum atomic E-state index is 12.9. The molecule has 0 radical (unpaired) electrons. The molecule has 0 aliphatic carbocycles. The van der Waals surface area contributed by atoms with Crippen LogP contribution in [-0.2, 0) is 22.6 Å². The lowest BCUT2D eigenvalue weighted by Crippen LogP contribution is -2.47. The van der Waals surface area contributed by atoms with Gasteiger partial charge in [0.2, 0.25) is 0 Å². The van der Waals surface area contributed by atoms with Gasteiger partial charge < -0.3 is 19.8 Å². The average Bonchev–Trinajstić information content (AvgIpc) is 3.36. The molecule has 0 aliphatic heterocycles. The maximum absolute atomic E-state index is 12.9. The smallest absolute Gasteiger partial charge is 0.408 e. The SMILES string of the molecule is COc1cc(C)c(/C=N\NC(=O)[C@@H](Cc2cnc[nH]2)NC(=O)OCc2ccccc2)cc1C(C)C. The molecule has 0 unspecified atom stereocenters. The molecular weight excluding hydrogens is 446 g/mol. The van der Waals surface area contributed by atoms with E-state index in [-0.39, 0.29) is 18.9 Å². The van der Waals surface area contributed by atoms with Crippen LogP contribution in [0, 0.1) is 6.92 Å². The molecule has 0 spiro atoms. The van der Waals surface area contributed by atoms with Gasteiger partial charge in [0.25, 0.3) is 5.91 Å². The summed E-state index contributed by atoms with van der Waals surface area (Å²) in [5.41, 5.74) is 6.91. The molecule has 9 heteroatoms. The summed E-state index contributed by atoms with van der Waals surface area (Å²) in [4.78, 5) is 32.2. The Morgan fingerprint density at radius 1 is 1.20 bits per heavy atom. The number of rotatable bonds is 10. The van der Waals surface area contributed by atoms with Crippen LogP contribution in [0.1, 0.15) is 47.7 Å². The van der Waals surface area contributed by atoms with Crippen molar-refractivity contribution in [1.29, 1.82) is 0 Å². The molecular formula is C26H31N5O4. The molecule has 0 saturated heterocycles. The summed E-state index contributed by atoms with van der Waals surface area (Å²) in [6, 6.07) is 12.3. The standard InChI is InChI=1S/C26H31N5O4/c1-17(2)22-11-20(18(3)10-24(22)34-4)13-29-31-25(32)23(12-21-14-27-16-28-21)30-26(33)35-15-19-8-6-5-7-9-19/h5-11,13-14,16-17,23H,12,15H2,1-4H3,(H,27,28)(H,30,33)(H,31,32)/b29-13-/t23-/m1/s1. The maximum Gasteiger partial charge on any atom is 0.408 e. The highest BCUT2D eigenvalue weighted by atomic mass is 16.5. The van der Waals surface area contributed by atoms with Crippen LogP contribution in [0.4, 0.5) is 4.79 Å². The Bertz CT molecular complexity index is 1140. The van der Waals surface area contributed by atoms with Crippen molar-refractivity contribution >= 4 is 18.2 Å². The molecule has 184 valence electrons. The number of carbonyl (C=O) groups is 2. The number of carbonyl (C=O) groups excluding carboxylic acids is 2. The Morgan fingerprint density at radius 2 is 1.97 bits per heavy atom. The number of ether oxygens (including phenoxy) is 2. The van der Waals surface area contributed by atoms with Gasteiger partial charge in [-0.05, 0) is 47.2 Å². The van der Waals surface area contributed by atoms with E-state index in [1.165, 1.54) is 6.33 Å². The number of nitrogens with one attached hydrogen (secondary N) is 3. The molecule has 0 aliphatic rings. The Kier molecular flexibility index (Phi) is 9.00. The van der Waals surface area contributed by atoms with E-state index in [0.29, 0.717) is 5.69 Å². The molecule has 1 atom stereocenters. The van der Waals surface area contributed by atoms with E-state index in [1.54, 1.807) is 19.5 Å². The van der Waals surface area contributed by atoms with Gasteiger partial charge in [-0.15, -0.1) is 0 Å². The van der Waals surface area contributed by atoms with E-state index in [9.17, 15) is 9.59 Å². The minimum atomic E-state index is -0.918. The monoisotopic (exact) mass is 477 g/mol. The van der Waals surface area contributed by atoms with Gasteiger partial charge in [-0.25, -0.2) is 15.2 Å². The van der Waals surface area contributed by atoms with E-state index >= 15 is 0 Å². The Labute approximate surface area is 205 Å². The number of methoxy groups -OCH3 is 1.